The highest BCUT2D eigenvalue weighted by molar-refractivity contribution is 6.30. The van der Waals surface area contributed by atoms with E-state index in [0.717, 1.165) is 43.6 Å². The van der Waals surface area contributed by atoms with Crippen molar-refractivity contribution in [3.05, 3.63) is 17.0 Å². The first-order valence-electron chi connectivity index (χ1n) is 6.50. The Labute approximate surface area is 113 Å². The third-order valence-electron chi connectivity index (χ3n) is 3.47. The van der Waals surface area contributed by atoms with Crippen LogP contribution in [0.15, 0.2) is 6.33 Å². The molecule has 5 heteroatoms. The van der Waals surface area contributed by atoms with E-state index in [4.69, 9.17) is 11.6 Å². The van der Waals surface area contributed by atoms with Crippen molar-refractivity contribution in [2.75, 3.05) is 18.5 Å². The normalized spacial score (nSPS) is 22.7. The molecule has 0 amide bonds. The lowest BCUT2D eigenvalue weighted by Gasteiger charge is -2.35. The van der Waals surface area contributed by atoms with Crippen molar-refractivity contribution < 1.29 is 5.11 Å². The third kappa shape index (κ3) is 2.93. The molecule has 1 aliphatic carbocycles. The van der Waals surface area contributed by atoms with Crippen molar-refractivity contribution in [1.82, 2.24) is 9.97 Å². The highest BCUT2D eigenvalue weighted by Crippen LogP contribution is 2.30. The molecule has 1 aromatic heterocycles. The lowest BCUT2D eigenvalue weighted by molar-refractivity contribution is 0.0464. The molecule has 0 saturated heterocycles. The van der Waals surface area contributed by atoms with Crippen LogP contribution in [0.3, 0.4) is 0 Å². The molecule has 0 bridgehead atoms. The van der Waals surface area contributed by atoms with Gasteiger partial charge in [0.2, 0.25) is 0 Å². The molecule has 4 nitrogen and oxygen atoms in total. The summed E-state index contributed by atoms with van der Waals surface area (Å²) in [5, 5.41) is 9.88. The molecule has 18 heavy (non-hydrogen) atoms. The first-order chi connectivity index (χ1) is 8.61. The summed E-state index contributed by atoms with van der Waals surface area (Å²) in [6.07, 6.45) is 5.12. The van der Waals surface area contributed by atoms with Crippen molar-refractivity contribution in [1.29, 1.82) is 0 Å². The van der Waals surface area contributed by atoms with Crippen LogP contribution in [0.5, 0.6) is 0 Å². The van der Waals surface area contributed by atoms with Gasteiger partial charge in [-0.05, 0) is 25.2 Å². The van der Waals surface area contributed by atoms with Crippen LogP contribution < -0.4 is 4.90 Å². The van der Waals surface area contributed by atoms with Gasteiger partial charge in [-0.25, -0.2) is 9.97 Å². The van der Waals surface area contributed by atoms with E-state index in [1.165, 1.54) is 6.33 Å². The Kier molecular flexibility index (Phi) is 4.40. The average molecular weight is 270 g/mol. The quantitative estimate of drug-likeness (QED) is 0.834. The van der Waals surface area contributed by atoms with E-state index in [-0.39, 0.29) is 6.10 Å². The fourth-order valence-corrected chi connectivity index (χ4v) is 2.72. The molecule has 1 N–H and O–H groups in total. The van der Waals surface area contributed by atoms with Gasteiger partial charge in [0.25, 0.3) is 0 Å². The van der Waals surface area contributed by atoms with Crippen molar-refractivity contribution >= 4 is 17.4 Å². The zero-order valence-electron chi connectivity index (χ0n) is 10.9. The van der Waals surface area contributed by atoms with E-state index in [9.17, 15) is 5.11 Å². The minimum absolute atomic E-state index is 0.104. The fourth-order valence-electron chi connectivity index (χ4n) is 2.50. The van der Waals surface area contributed by atoms with Gasteiger partial charge >= 0.3 is 0 Å². The van der Waals surface area contributed by atoms with Crippen LogP contribution in [0.4, 0.5) is 5.82 Å². The molecule has 2 rings (SSSR count). The molecule has 0 aromatic carbocycles. The Bertz CT molecular complexity index is 407. The first-order valence-corrected chi connectivity index (χ1v) is 6.88. The summed E-state index contributed by atoms with van der Waals surface area (Å²) in [7, 11) is 2.03. The van der Waals surface area contributed by atoms with Crippen LogP contribution in [0.2, 0.25) is 5.15 Å². The maximum atomic E-state index is 9.32. The SMILES string of the molecule is CCCc1c(Cl)ncnc1N(C)CC1CC(O)C1. The van der Waals surface area contributed by atoms with Crippen molar-refractivity contribution in [3.8, 4) is 0 Å². The number of aromatic nitrogens is 2. The molecule has 1 aliphatic rings. The molecule has 0 radical (unpaired) electrons. The van der Waals surface area contributed by atoms with Crippen molar-refractivity contribution in [3.63, 3.8) is 0 Å². The topological polar surface area (TPSA) is 49.2 Å². The summed E-state index contributed by atoms with van der Waals surface area (Å²) in [4.78, 5) is 10.5. The van der Waals surface area contributed by atoms with Gasteiger partial charge in [0, 0.05) is 19.2 Å². The van der Waals surface area contributed by atoms with Crippen LogP contribution in [-0.2, 0) is 6.42 Å². The summed E-state index contributed by atoms with van der Waals surface area (Å²) in [6.45, 7) is 3.04. The number of nitrogens with zero attached hydrogens (tertiary/aromatic N) is 3. The smallest absolute Gasteiger partial charge is 0.137 e. The lowest BCUT2D eigenvalue weighted by Crippen LogP contribution is -2.37. The van der Waals surface area contributed by atoms with Gasteiger partial charge in [0.05, 0.1) is 6.10 Å². The van der Waals surface area contributed by atoms with Gasteiger partial charge in [-0.1, -0.05) is 24.9 Å². The van der Waals surface area contributed by atoms with E-state index < -0.39 is 0 Å². The van der Waals surface area contributed by atoms with Crippen LogP contribution in [0.25, 0.3) is 0 Å². The van der Waals surface area contributed by atoms with Crippen LogP contribution in [0.1, 0.15) is 31.7 Å². The minimum atomic E-state index is -0.104. The maximum Gasteiger partial charge on any atom is 0.137 e. The Morgan fingerprint density at radius 2 is 2.17 bits per heavy atom. The van der Waals surface area contributed by atoms with Crippen LogP contribution in [0, 0.1) is 5.92 Å². The zero-order chi connectivity index (χ0) is 13.1. The fraction of sp³-hybridized carbons (Fsp3) is 0.692. The van der Waals surface area contributed by atoms with Gasteiger partial charge in [-0.2, -0.15) is 0 Å². The lowest BCUT2D eigenvalue weighted by atomic mass is 9.82. The Morgan fingerprint density at radius 1 is 1.44 bits per heavy atom. The monoisotopic (exact) mass is 269 g/mol. The molecule has 0 atom stereocenters. The molecule has 1 heterocycles. The molecule has 1 fully saturated rings. The van der Waals surface area contributed by atoms with Gasteiger partial charge in [-0.15, -0.1) is 0 Å². The van der Waals surface area contributed by atoms with Crippen LogP contribution >= 0.6 is 11.6 Å². The predicted octanol–water partition coefficient (Wildman–Crippen LogP) is 2.29. The molecule has 0 spiro atoms. The standard InChI is InChI=1S/C13H20ClN3O/c1-3-4-11-12(14)15-8-16-13(11)17(2)7-9-5-10(18)6-9/h8-10,18H,3-7H2,1-2H3. The van der Waals surface area contributed by atoms with Gasteiger partial charge < -0.3 is 10.0 Å². The summed E-state index contributed by atoms with van der Waals surface area (Å²) in [5.74, 6) is 1.49. The third-order valence-corrected chi connectivity index (χ3v) is 3.80. The second-order valence-electron chi connectivity index (χ2n) is 5.09. The number of rotatable bonds is 5. The Balaban J connectivity index is 2.08. The van der Waals surface area contributed by atoms with Crippen molar-refractivity contribution in [2.24, 2.45) is 5.92 Å². The molecule has 1 aromatic rings. The van der Waals surface area contributed by atoms with Gasteiger partial charge in [0.1, 0.15) is 17.3 Å². The van der Waals surface area contributed by atoms with E-state index in [1.54, 1.807) is 0 Å². The predicted molar refractivity (Wildman–Crippen MR) is 73.0 cm³/mol. The Morgan fingerprint density at radius 3 is 2.78 bits per heavy atom. The molecule has 0 unspecified atom stereocenters. The van der Waals surface area contributed by atoms with E-state index in [0.29, 0.717) is 11.1 Å². The van der Waals surface area contributed by atoms with E-state index in [1.807, 2.05) is 7.05 Å². The minimum Gasteiger partial charge on any atom is -0.393 e. The molecule has 0 aliphatic heterocycles. The van der Waals surface area contributed by atoms with Gasteiger partial charge in [0.15, 0.2) is 0 Å². The van der Waals surface area contributed by atoms with Gasteiger partial charge in [-0.3, -0.25) is 0 Å². The summed E-state index contributed by atoms with van der Waals surface area (Å²) < 4.78 is 0. The second-order valence-corrected chi connectivity index (χ2v) is 5.45. The van der Waals surface area contributed by atoms with E-state index in [2.05, 4.69) is 21.8 Å². The average Bonchev–Trinajstić information content (AvgIpc) is 2.30. The summed E-state index contributed by atoms with van der Waals surface area (Å²) in [6, 6.07) is 0. The largest absolute Gasteiger partial charge is 0.393 e. The van der Waals surface area contributed by atoms with Crippen LogP contribution in [-0.4, -0.2) is 34.8 Å². The number of anilines is 1. The number of halogens is 1. The molecular formula is C13H20ClN3O. The zero-order valence-corrected chi connectivity index (χ0v) is 11.7. The highest BCUT2D eigenvalue weighted by atomic mass is 35.5. The summed E-state index contributed by atoms with van der Waals surface area (Å²) >= 11 is 6.14. The summed E-state index contributed by atoms with van der Waals surface area (Å²) in [5.41, 5.74) is 1.03. The first kappa shape index (κ1) is 13.6. The van der Waals surface area contributed by atoms with E-state index >= 15 is 0 Å². The highest BCUT2D eigenvalue weighted by Gasteiger charge is 2.28. The maximum absolute atomic E-state index is 9.32. The number of hydrogen-bond donors (Lipinski definition) is 1. The van der Waals surface area contributed by atoms with Crippen molar-refractivity contribution in [2.45, 2.75) is 38.7 Å². The molecular weight excluding hydrogens is 250 g/mol. The number of hydrogen-bond acceptors (Lipinski definition) is 4. The number of aliphatic hydroxyl groups is 1. The second kappa shape index (κ2) is 5.85. The molecule has 1 saturated carbocycles. The Hall–Kier alpha value is -0.870. The molecule has 100 valence electrons. The number of aliphatic hydroxyl groups excluding tert-OH is 1.